The second-order valence-electron chi connectivity index (χ2n) is 4.56. The fourth-order valence-electron chi connectivity index (χ4n) is 1.78. The molecule has 4 nitrogen and oxygen atoms in total. The lowest BCUT2D eigenvalue weighted by molar-refractivity contribution is -0.143. The third kappa shape index (κ3) is 4.93. The first kappa shape index (κ1) is 16.1. The van der Waals surface area contributed by atoms with E-state index in [1.807, 2.05) is 36.6 Å². The lowest BCUT2D eigenvalue weighted by Gasteiger charge is -2.07. The molecule has 0 aliphatic carbocycles. The molecular formula is C17H17NO3S. The largest absolute Gasteiger partial charge is 0.460 e. The molecule has 0 atom stereocenters. The van der Waals surface area contributed by atoms with E-state index in [-0.39, 0.29) is 19.1 Å². The van der Waals surface area contributed by atoms with E-state index >= 15 is 0 Å². The van der Waals surface area contributed by atoms with Gasteiger partial charge in [0.2, 0.25) is 0 Å². The standard InChI is InChI=1S/C17H17NO3S/c1-22-15-9-7-13(8-10-15)12-21-16(19)11-18-17(20)14-5-3-2-4-6-14/h2-10H,11-12H2,1H3,(H,18,20). The molecule has 0 saturated heterocycles. The number of esters is 1. The van der Waals surface area contributed by atoms with Crippen molar-refractivity contribution in [3.63, 3.8) is 0 Å². The smallest absolute Gasteiger partial charge is 0.325 e. The summed E-state index contributed by atoms with van der Waals surface area (Å²) in [5, 5.41) is 2.54. The molecule has 0 aliphatic heterocycles. The first-order valence-electron chi connectivity index (χ1n) is 6.81. The minimum Gasteiger partial charge on any atom is -0.460 e. The summed E-state index contributed by atoms with van der Waals surface area (Å²) in [6.07, 6.45) is 2.00. The second-order valence-corrected chi connectivity index (χ2v) is 5.44. The van der Waals surface area contributed by atoms with Crippen LogP contribution in [0.25, 0.3) is 0 Å². The first-order chi connectivity index (χ1) is 10.7. The summed E-state index contributed by atoms with van der Waals surface area (Å²) >= 11 is 1.66. The van der Waals surface area contributed by atoms with Gasteiger partial charge in [-0.25, -0.2) is 0 Å². The number of carbonyl (C=O) groups excluding carboxylic acids is 2. The molecule has 2 aromatic carbocycles. The van der Waals surface area contributed by atoms with Crippen LogP contribution in [0.2, 0.25) is 0 Å². The number of amides is 1. The molecule has 5 heteroatoms. The van der Waals surface area contributed by atoms with Crippen LogP contribution in [0.15, 0.2) is 59.5 Å². The van der Waals surface area contributed by atoms with Crippen molar-refractivity contribution in [2.24, 2.45) is 0 Å². The minimum atomic E-state index is -0.460. The molecule has 0 radical (unpaired) electrons. The Morgan fingerprint density at radius 2 is 1.73 bits per heavy atom. The number of benzene rings is 2. The van der Waals surface area contributed by atoms with Crippen LogP contribution in [0.4, 0.5) is 0 Å². The topological polar surface area (TPSA) is 55.4 Å². The van der Waals surface area contributed by atoms with Gasteiger partial charge in [0, 0.05) is 10.5 Å². The van der Waals surface area contributed by atoms with Crippen LogP contribution >= 0.6 is 11.8 Å². The Bertz CT molecular complexity index is 626. The summed E-state index contributed by atoms with van der Waals surface area (Å²) in [6.45, 7) is 0.0608. The van der Waals surface area contributed by atoms with Crippen molar-refractivity contribution in [2.45, 2.75) is 11.5 Å². The highest BCUT2D eigenvalue weighted by Crippen LogP contribution is 2.15. The van der Waals surface area contributed by atoms with Crippen LogP contribution in [0.5, 0.6) is 0 Å². The zero-order valence-corrected chi connectivity index (χ0v) is 13.1. The fourth-order valence-corrected chi connectivity index (χ4v) is 2.19. The van der Waals surface area contributed by atoms with Crippen LogP contribution in [-0.2, 0) is 16.1 Å². The number of rotatable bonds is 6. The SMILES string of the molecule is CSc1ccc(COC(=O)CNC(=O)c2ccccc2)cc1. The molecule has 114 valence electrons. The quantitative estimate of drug-likeness (QED) is 0.658. The molecule has 0 aliphatic rings. The molecule has 1 amide bonds. The van der Waals surface area contributed by atoms with Gasteiger partial charge < -0.3 is 10.1 Å². The number of thioether (sulfide) groups is 1. The Morgan fingerprint density at radius 3 is 2.36 bits per heavy atom. The third-order valence-corrected chi connectivity index (χ3v) is 3.73. The van der Waals surface area contributed by atoms with Crippen LogP contribution in [0.1, 0.15) is 15.9 Å². The van der Waals surface area contributed by atoms with Crippen molar-refractivity contribution in [1.29, 1.82) is 0 Å². The molecule has 22 heavy (non-hydrogen) atoms. The van der Waals surface area contributed by atoms with Gasteiger partial charge in [0.1, 0.15) is 13.2 Å². The van der Waals surface area contributed by atoms with Gasteiger partial charge in [-0.3, -0.25) is 9.59 Å². The highest BCUT2D eigenvalue weighted by atomic mass is 32.2. The highest BCUT2D eigenvalue weighted by molar-refractivity contribution is 7.98. The Labute approximate surface area is 133 Å². The van der Waals surface area contributed by atoms with Crippen molar-refractivity contribution >= 4 is 23.6 Å². The number of hydrogen-bond donors (Lipinski definition) is 1. The lowest BCUT2D eigenvalue weighted by Crippen LogP contribution is -2.30. The average molecular weight is 315 g/mol. The van der Waals surface area contributed by atoms with Gasteiger partial charge >= 0.3 is 5.97 Å². The van der Waals surface area contributed by atoms with Gasteiger partial charge in [-0.15, -0.1) is 11.8 Å². The highest BCUT2D eigenvalue weighted by Gasteiger charge is 2.08. The summed E-state index contributed by atoms with van der Waals surface area (Å²) in [6, 6.07) is 16.5. The van der Waals surface area contributed by atoms with Crippen LogP contribution in [0, 0.1) is 0 Å². The second kappa shape index (κ2) is 8.24. The van der Waals surface area contributed by atoms with Crippen LogP contribution in [-0.4, -0.2) is 24.7 Å². The van der Waals surface area contributed by atoms with Crippen molar-refractivity contribution in [1.82, 2.24) is 5.32 Å². The maximum atomic E-state index is 11.8. The molecule has 0 fully saturated rings. The average Bonchev–Trinajstić information content (AvgIpc) is 2.59. The van der Waals surface area contributed by atoms with E-state index in [2.05, 4.69) is 5.32 Å². The van der Waals surface area contributed by atoms with Crippen molar-refractivity contribution in [3.8, 4) is 0 Å². The Kier molecular flexibility index (Phi) is 6.03. The monoisotopic (exact) mass is 315 g/mol. The molecule has 0 bridgehead atoms. The summed E-state index contributed by atoms with van der Waals surface area (Å²) in [5.74, 6) is -0.750. The van der Waals surface area contributed by atoms with Gasteiger partial charge in [-0.1, -0.05) is 30.3 Å². The number of hydrogen-bond acceptors (Lipinski definition) is 4. The maximum absolute atomic E-state index is 11.8. The lowest BCUT2D eigenvalue weighted by atomic mass is 10.2. The van der Waals surface area contributed by atoms with E-state index in [0.717, 1.165) is 10.5 Å². The van der Waals surface area contributed by atoms with Crippen molar-refractivity contribution < 1.29 is 14.3 Å². The van der Waals surface area contributed by atoms with Crippen LogP contribution < -0.4 is 5.32 Å². The Balaban J connectivity index is 1.74. The predicted molar refractivity (Wildman–Crippen MR) is 86.8 cm³/mol. The third-order valence-electron chi connectivity index (χ3n) is 2.99. The van der Waals surface area contributed by atoms with Crippen molar-refractivity contribution in [2.75, 3.05) is 12.8 Å². The fraction of sp³-hybridized carbons (Fsp3) is 0.176. The molecule has 0 saturated carbocycles. The van der Waals surface area contributed by atoms with Gasteiger partial charge in [0.05, 0.1) is 0 Å². The Morgan fingerprint density at radius 1 is 1.05 bits per heavy atom. The molecule has 2 aromatic rings. The van der Waals surface area contributed by atoms with E-state index in [1.54, 1.807) is 36.0 Å². The summed E-state index contributed by atoms with van der Waals surface area (Å²) in [7, 11) is 0. The normalized spacial score (nSPS) is 10.0. The number of carbonyl (C=O) groups is 2. The molecular weight excluding hydrogens is 298 g/mol. The van der Waals surface area contributed by atoms with E-state index < -0.39 is 5.97 Å². The van der Waals surface area contributed by atoms with Gasteiger partial charge in [0.25, 0.3) is 5.91 Å². The minimum absolute atomic E-state index is 0.142. The van der Waals surface area contributed by atoms with Gasteiger partial charge in [-0.05, 0) is 36.1 Å². The zero-order valence-electron chi connectivity index (χ0n) is 12.2. The molecule has 2 rings (SSSR count). The van der Waals surface area contributed by atoms with E-state index in [9.17, 15) is 9.59 Å². The maximum Gasteiger partial charge on any atom is 0.325 e. The molecule has 1 N–H and O–H groups in total. The Hall–Kier alpha value is -2.27. The van der Waals surface area contributed by atoms with Gasteiger partial charge in [0.15, 0.2) is 0 Å². The number of nitrogens with one attached hydrogen (secondary N) is 1. The van der Waals surface area contributed by atoms with Gasteiger partial charge in [-0.2, -0.15) is 0 Å². The molecule has 0 spiro atoms. The summed E-state index contributed by atoms with van der Waals surface area (Å²) in [5.41, 5.74) is 1.43. The van der Waals surface area contributed by atoms with E-state index in [1.165, 1.54) is 0 Å². The summed E-state index contributed by atoms with van der Waals surface area (Å²) < 4.78 is 5.13. The molecule has 0 unspecified atom stereocenters. The molecule has 0 heterocycles. The summed E-state index contributed by atoms with van der Waals surface area (Å²) in [4.78, 5) is 24.6. The van der Waals surface area contributed by atoms with E-state index in [0.29, 0.717) is 5.56 Å². The first-order valence-corrected chi connectivity index (χ1v) is 8.03. The van der Waals surface area contributed by atoms with Crippen LogP contribution in [0.3, 0.4) is 0 Å². The zero-order chi connectivity index (χ0) is 15.8. The van der Waals surface area contributed by atoms with Crippen molar-refractivity contribution in [3.05, 3.63) is 65.7 Å². The van der Waals surface area contributed by atoms with E-state index in [4.69, 9.17) is 4.74 Å². The molecule has 0 aromatic heterocycles. The number of ether oxygens (including phenoxy) is 1. The predicted octanol–water partition coefficient (Wildman–Crippen LogP) is 2.88.